The number of thioether (sulfide) groups is 2. The molecule has 37 heavy (non-hydrogen) atoms. The molecule has 12 heteroatoms. The second-order valence-corrected chi connectivity index (χ2v) is 13.0. The van der Waals surface area contributed by atoms with Crippen LogP contribution in [0.1, 0.15) is 62.5 Å². The van der Waals surface area contributed by atoms with Gasteiger partial charge in [0.2, 0.25) is 0 Å². The Bertz CT molecular complexity index is 958. The van der Waals surface area contributed by atoms with Gasteiger partial charge in [-0.3, -0.25) is 14.1 Å². The quantitative estimate of drug-likeness (QED) is 0.137. The highest BCUT2D eigenvalue weighted by Gasteiger charge is 2.24. The summed E-state index contributed by atoms with van der Waals surface area (Å²) in [6, 6.07) is 19.6. The predicted octanol–water partition coefficient (Wildman–Crippen LogP) is 5.38. The zero-order valence-electron chi connectivity index (χ0n) is 20.3. The maximum absolute atomic E-state index is 9.92. The summed E-state index contributed by atoms with van der Waals surface area (Å²) in [6.45, 7) is -0.787. The monoisotopic (exact) mass is 590 g/mol. The van der Waals surface area contributed by atoms with Gasteiger partial charge < -0.3 is 5.11 Å². The third-order valence-electron chi connectivity index (χ3n) is 5.42. The van der Waals surface area contributed by atoms with E-state index in [0.29, 0.717) is 20.7 Å². The zero-order valence-corrected chi connectivity index (χ0v) is 23.6. The molecule has 0 amide bonds. The van der Waals surface area contributed by atoms with Gasteiger partial charge in [-0.25, -0.2) is 0 Å². The van der Waals surface area contributed by atoms with Gasteiger partial charge in [0.1, 0.15) is 0 Å². The Hall–Kier alpha value is -1.35. The first-order valence-electron chi connectivity index (χ1n) is 11.9. The van der Waals surface area contributed by atoms with Crippen LogP contribution in [0.15, 0.2) is 60.7 Å². The first kappa shape index (κ1) is 31.9. The smallest absolute Gasteiger partial charge is 0.368 e. The van der Waals surface area contributed by atoms with Crippen LogP contribution in [0.25, 0.3) is 0 Å². The Morgan fingerprint density at radius 1 is 0.838 bits per heavy atom. The minimum atomic E-state index is -3.82. The first-order valence-corrected chi connectivity index (χ1v) is 16.0. The molecular weight excluding hydrogens is 557 g/mol. The SMILES string of the molecule is O=S(O)(=S)OOOCO.[OH+]=C(SC1CCCC1)c1ccccc1.[OH+]=C(SC1CCCC1)c1ccccc1. The van der Waals surface area contributed by atoms with E-state index >= 15 is 0 Å². The lowest BCUT2D eigenvalue weighted by atomic mass is 10.2. The number of hydrogen-bond donors (Lipinski definition) is 2. The lowest BCUT2D eigenvalue weighted by Crippen LogP contribution is -2.04. The molecular formula is C25H34O8S4+2. The number of rotatable bonds is 8. The molecule has 1 unspecified atom stereocenters. The van der Waals surface area contributed by atoms with Crippen molar-refractivity contribution < 1.29 is 37.7 Å². The van der Waals surface area contributed by atoms with Crippen LogP contribution < -0.4 is 0 Å². The van der Waals surface area contributed by atoms with Gasteiger partial charge in [0.05, 0.1) is 11.1 Å². The second-order valence-electron chi connectivity index (χ2n) is 8.20. The molecule has 2 aromatic rings. The molecule has 0 bridgehead atoms. The second kappa shape index (κ2) is 18.0. The Labute approximate surface area is 231 Å². The molecule has 0 heterocycles. The predicted molar refractivity (Wildman–Crippen MR) is 153 cm³/mol. The van der Waals surface area contributed by atoms with Crippen LogP contribution in [0.4, 0.5) is 0 Å². The van der Waals surface area contributed by atoms with Crippen LogP contribution in [0.5, 0.6) is 0 Å². The van der Waals surface area contributed by atoms with Gasteiger partial charge in [0.25, 0.3) is 9.05 Å². The van der Waals surface area contributed by atoms with E-state index in [1.54, 1.807) is 23.5 Å². The highest BCUT2D eigenvalue weighted by atomic mass is 32.9. The maximum atomic E-state index is 9.92. The third kappa shape index (κ3) is 14.4. The van der Waals surface area contributed by atoms with Gasteiger partial charge in [-0.05, 0) is 78.5 Å². The van der Waals surface area contributed by atoms with Gasteiger partial charge in [0.15, 0.2) is 6.79 Å². The van der Waals surface area contributed by atoms with E-state index in [1.807, 2.05) is 60.7 Å². The number of aliphatic hydroxyl groups excluding tert-OH is 1. The minimum absolute atomic E-state index is 0.484. The highest BCUT2D eigenvalue weighted by Crippen LogP contribution is 2.32. The minimum Gasteiger partial charge on any atom is -0.368 e. The Morgan fingerprint density at radius 2 is 1.22 bits per heavy atom. The molecule has 0 aromatic heterocycles. The Kier molecular flexibility index (Phi) is 15.5. The number of aliphatic hydroxyl groups is 1. The fourth-order valence-corrected chi connectivity index (χ4v) is 6.19. The number of hydrogen-bond acceptors (Lipinski definition) is 8. The van der Waals surface area contributed by atoms with Crippen LogP contribution in [0.3, 0.4) is 0 Å². The largest absolute Gasteiger partial charge is 0.382 e. The average Bonchev–Trinajstić information content (AvgIpc) is 3.60. The van der Waals surface area contributed by atoms with Crippen molar-refractivity contribution in [2.45, 2.75) is 61.9 Å². The summed E-state index contributed by atoms with van der Waals surface area (Å²) in [6.07, 6.45) is 10.3. The molecule has 2 fully saturated rings. The van der Waals surface area contributed by atoms with Crippen LogP contribution >= 0.6 is 23.5 Å². The third-order valence-corrected chi connectivity index (χ3v) is 8.34. The summed E-state index contributed by atoms with van der Waals surface area (Å²) in [5.41, 5.74) is 1.90. The number of carbonyl (C=O) groups excluding carboxylic acids is 2. The molecule has 8 nitrogen and oxygen atoms in total. The summed E-state index contributed by atoms with van der Waals surface area (Å²) in [5, 5.41) is 13.5. The Balaban J connectivity index is 0.000000201. The van der Waals surface area contributed by atoms with Crippen molar-refractivity contribution in [3.05, 3.63) is 71.8 Å². The van der Waals surface area contributed by atoms with Gasteiger partial charge in [-0.15, -0.1) is 0 Å². The van der Waals surface area contributed by atoms with E-state index in [-0.39, 0.29) is 0 Å². The van der Waals surface area contributed by atoms with Gasteiger partial charge >= 0.3 is 10.2 Å². The molecule has 4 rings (SSSR count). The molecule has 1 atom stereocenters. The molecule has 0 spiro atoms. The fourth-order valence-electron chi connectivity index (χ4n) is 3.70. The van der Waals surface area contributed by atoms with Crippen molar-refractivity contribution in [1.82, 2.24) is 0 Å². The average molecular weight is 591 g/mol. The molecule has 2 aliphatic rings. The summed E-state index contributed by atoms with van der Waals surface area (Å²) >= 11 is 7.04. The molecule has 0 saturated heterocycles. The van der Waals surface area contributed by atoms with Gasteiger partial charge in [0, 0.05) is 21.7 Å². The van der Waals surface area contributed by atoms with Crippen molar-refractivity contribution in [3.8, 4) is 0 Å². The first-order chi connectivity index (χ1) is 17.8. The van der Waals surface area contributed by atoms with Crippen LogP contribution in [-0.4, -0.2) is 51.0 Å². The van der Waals surface area contributed by atoms with Crippen LogP contribution in [0.2, 0.25) is 0 Å². The van der Waals surface area contributed by atoms with E-state index in [9.17, 15) is 13.8 Å². The van der Waals surface area contributed by atoms with Crippen LogP contribution in [0, 0.1) is 0 Å². The zero-order chi connectivity index (χ0) is 26.9. The molecule has 2 aromatic carbocycles. The molecule has 204 valence electrons. The molecule has 0 radical (unpaired) electrons. The van der Waals surface area contributed by atoms with Crippen molar-refractivity contribution in [2.24, 2.45) is 0 Å². The van der Waals surface area contributed by atoms with E-state index in [4.69, 9.17) is 9.66 Å². The topological polar surface area (TPSA) is 128 Å². The molecule has 0 aliphatic heterocycles. The summed E-state index contributed by atoms with van der Waals surface area (Å²) < 4.78 is 21.5. The number of benzene rings is 2. The van der Waals surface area contributed by atoms with E-state index in [2.05, 4.69) is 25.4 Å². The van der Waals surface area contributed by atoms with Crippen molar-refractivity contribution >= 4 is 54.0 Å². The Morgan fingerprint density at radius 3 is 1.54 bits per heavy atom. The van der Waals surface area contributed by atoms with E-state index in [0.717, 1.165) is 11.1 Å². The fraction of sp³-hybridized carbons (Fsp3) is 0.440. The van der Waals surface area contributed by atoms with Gasteiger partial charge in [-0.1, -0.05) is 66.4 Å². The van der Waals surface area contributed by atoms with Crippen LogP contribution in [-0.2, 0) is 34.5 Å². The lowest BCUT2D eigenvalue weighted by molar-refractivity contribution is -0.481. The van der Waals surface area contributed by atoms with Gasteiger partial charge in [-0.2, -0.15) is 9.10 Å². The highest BCUT2D eigenvalue weighted by molar-refractivity contribution is 8.26. The maximum Gasteiger partial charge on any atom is 0.382 e. The summed E-state index contributed by atoms with van der Waals surface area (Å²) in [7, 11) is -3.82. The molecule has 4 N–H and O–H groups in total. The molecule has 2 saturated carbocycles. The van der Waals surface area contributed by atoms with E-state index in [1.165, 1.54) is 51.4 Å². The van der Waals surface area contributed by atoms with Crippen molar-refractivity contribution in [2.75, 3.05) is 6.79 Å². The normalized spacial score (nSPS) is 17.1. The summed E-state index contributed by atoms with van der Waals surface area (Å²) in [4.78, 5) is 23.4. The van der Waals surface area contributed by atoms with Crippen molar-refractivity contribution in [3.63, 3.8) is 0 Å². The lowest BCUT2D eigenvalue weighted by Gasteiger charge is -2.02. The van der Waals surface area contributed by atoms with E-state index < -0.39 is 15.8 Å². The standard InChI is InChI=1S/2C12H14OS.CH4O6S2/c2*13-12(10-6-2-1-3-7-10)14-11-8-4-5-9-11;2-1-5-6-7-9(3,4)8/h2*1-3,6-7,11H,4-5,8-9H2;2H,1H2,(H,3,4,8)/p+2. The van der Waals surface area contributed by atoms with Crippen molar-refractivity contribution in [1.29, 1.82) is 0 Å². The molecule has 2 aliphatic carbocycles. The summed E-state index contributed by atoms with van der Waals surface area (Å²) in [5.74, 6) is 0.